The van der Waals surface area contributed by atoms with Gasteiger partial charge in [0.1, 0.15) is 29.3 Å². The summed E-state index contributed by atoms with van der Waals surface area (Å²) in [6, 6.07) is 42.3. The molecule has 0 aliphatic carbocycles. The number of aryl methyl sites for hydroxylation is 1. The van der Waals surface area contributed by atoms with Gasteiger partial charge in [0.2, 0.25) is 0 Å². The molecular weight excluding hydrogens is 395 g/mol. The molecule has 4 aromatic rings. The summed E-state index contributed by atoms with van der Waals surface area (Å²) in [4.78, 5) is 13.4. The highest BCUT2D eigenvalue weighted by atomic mass is 31.2. The van der Waals surface area contributed by atoms with Crippen LogP contribution in [-0.2, 0) is 11.2 Å². The molecule has 0 N–H and O–H groups in total. The van der Waals surface area contributed by atoms with E-state index in [-0.39, 0.29) is 0 Å². The first-order valence-electron chi connectivity index (χ1n) is 10.9. The fraction of sp³-hybridized carbons (Fsp3) is 0.138. The van der Waals surface area contributed by atoms with Crippen molar-refractivity contribution in [2.24, 2.45) is 0 Å². The molecular formula is C29H28OP+. The van der Waals surface area contributed by atoms with Crippen LogP contribution in [0.15, 0.2) is 121 Å². The average molecular weight is 424 g/mol. The minimum absolute atomic E-state index is 0.348. The highest BCUT2D eigenvalue weighted by molar-refractivity contribution is 7.96. The molecule has 4 rings (SSSR count). The van der Waals surface area contributed by atoms with Crippen LogP contribution in [0.5, 0.6) is 0 Å². The Bertz CT molecular complexity index is 980. The van der Waals surface area contributed by atoms with Crippen LogP contribution >= 0.6 is 7.26 Å². The van der Waals surface area contributed by atoms with Crippen molar-refractivity contribution in [3.05, 3.63) is 127 Å². The third kappa shape index (κ3) is 5.01. The molecule has 0 unspecified atom stereocenters. The van der Waals surface area contributed by atoms with Crippen molar-refractivity contribution < 1.29 is 4.79 Å². The second-order valence-electron chi connectivity index (χ2n) is 7.85. The van der Waals surface area contributed by atoms with Crippen molar-refractivity contribution in [3.8, 4) is 0 Å². The third-order valence-corrected chi connectivity index (χ3v) is 10.1. The second kappa shape index (κ2) is 10.3. The van der Waals surface area contributed by atoms with Gasteiger partial charge in [-0.2, -0.15) is 0 Å². The van der Waals surface area contributed by atoms with Gasteiger partial charge in [0.15, 0.2) is 5.78 Å². The van der Waals surface area contributed by atoms with E-state index < -0.39 is 7.26 Å². The summed E-state index contributed by atoms with van der Waals surface area (Å²) in [6.07, 6.45) is 3.02. The van der Waals surface area contributed by atoms with Crippen LogP contribution in [0.4, 0.5) is 0 Å². The molecule has 0 bridgehead atoms. The number of carbonyl (C=O) groups is 1. The van der Waals surface area contributed by atoms with E-state index in [0.29, 0.717) is 18.4 Å². The Morgan fingerprint density at radius 2 is 0.935 bits per heavy atom. The Labute approximate surface area is 186 Å². The van der Waals surface area contributed by atoms with Gasteiger partial charge in [-0.05, 0) is 54.8 Å². The number of Topliss-reactive ketones (excluding diaryl/α,β-unsaturated/α-hetero) is 1. The lowest BCUT2D eigenvalue weighted by Crippen LogP contribution is -2.35. The van der Waals surface area contributed by atoms with Gasteiger partial charge in [0.25, 0.3) is 0 Å². The van der Waals surface area contributed by atoms with E-state index in [4.69, 9.17) is 0 Å². The van der Waals surface area contributed by atoms with E-state index in [2.05, 4.69) is 115 Å². The number of rotatable bonds is 9. The van der Waals surface area contributed by atoms with Crippen LogP contribution in [0.1, 0.15) is 18.4 Å². The zero-order valence-corrected chi connectivity index (χ0v) is 18.6. The molecule has 154 valence electrons. The first-order valence-corrected chi connectivity index (χ1v) is 12.9. The lowest BCUT2D eigenvalue weighted by atomic mass is 10.1. The first-order chi connectivity index (χ1) is 15.3. The molecule has 0 aliphatic rings. The second-order valence-corrected chi connectivity index (χ2v) is 11.3. The summed E-state index contributed by atoms with van der Waals surface area (Å²) in [6.45, 7) is 0. The number of benzene rings is 4. The van der Waals surface area contributed by atoms with Gasteiger partial charge in [-0.3, -0.25) is 4.79 Å². The molecule has 0 amide bonds. The highest BCUT2D eigenvalue weighted by Gasteiger charge is 2.46. The maximum atomic E-state index is 13.4. The van der Waals surface area contributed by atoms with E-state index in [0.717, 1.165) is 12.8 Å². The normalized spacial score (nSPS) is 11.2. The monoisotopic (exact) mass is 423 g/mol. The van der Waals surface area contributed by atoms with Gasteiger partial charge < -0.3 is 0 Å². The summed E-state index contributed by atoms with van der Waals surface area (Å²) in [5.41, 5.74) is 1.30. The summed E-state index contributed by atoms with van der Waals surface area (Å²) in [7, 11) is -2.07. The maximum Gasteiger partial charge on any atom is 0.171 e. The van der Waals surface area contributed by atoms with Crippen LogP contribution in [-0.4, -0.2) is 11.9 Å². The Hall–Kier alpha value is -3.02. The SMILES string of the molecule is O=C(CCCc1ccccc1)C[P+](c1ccccc1)(c1ccccc1)c1ccccc1. The molecule has 0 aromatic heterocycles. The molecule has 2 heteroatoms. The van der Waals surface area contributed by atoms with Crippen molar-refractivity contribution in [2.45, 2.75) is 19.3 Å². The van der Waals surface area contributed by atoms with Crippen molar-refractivity contribution in [1.29, 1.82) is 0 Å². The topological polar surface area (TPSA) is 17.1 Å². The van der Waals surface area contributed by atoms with Gasteiger partial charge in [0.05, 0.1) is 0 Å². The maximum absolute atomic E-state index is 13.4. The number of ketones is 1. The quantitative estimate of drug-likeness (QED) is 0.322. The molecule has 1 nitrogen and oxygen atoms in total. The van der Waals surface area contributed by atoms with Gasteiger partial charge >= 0.3 is 0 Å². The van der Waals surface area contributed by atoms with Crippen molar-refractivity contribution in [3.63, 3.8) is 0 Å². The Balaban J connectivity index is 1.67. The Morgan fingerprint density at radius 3 is 1.35 bits per heavy atom. The number of hydrogen-bond acceptors (Lipinski definition) is 1. The zero-order chi connectivity index (χ0) is 21.4. The van der Waals surface area contributed by atoms with Crippen LogP contribution in [0.2, 0.25) is 0 Å². The van der Waals surface area contributed by atoms with Crippen LogP contribution < -0.4 is 15.9 Å². The highest BCUT2D eigenvalue weighted by Crippen LogP contribution is 2.55. The third-order valence-electron chi connectivity index (χ3n) is 5.77. The lowest BCUT2D eigenvalue weighted by molar-refractivity contribution is -0.116. The van der Waals surface area contributed by atoms with Crippen LogP contribution in [0, 0.1) is 0 Å². The average Bonchev–Trinajstić information content (AvgIpc) is 2.85. The summed E-state index contributed by atoms with van der Waals surface area (Å²) >= 11 is 0. The number of carbonyl (C=O) groups excluding carboxylic acids is 1. The van der Waals surface area contributed by atoms with Gasteiger partial charge in [-0.1, -0.05) is 84.9 Å². The van der Waals surface area contributed by atoms with Crippen molar-refractivity contribution >= 4 is 29.0 Å². The molecule has 0 aliphatic heterocycles. The molecule has 0 fully saturated rings. The fourth-order valence-corrected chi connectivity index (χ4v) is 8.42. The van der Waals surface area contributed by atoms with Crippen molar-refractivity contribution in [2.75, 3.05) is 6.16 Å². The summed E-state index contributed by atoms with van der Waals surface area (Å²) < 4.78 is 0. The van der Waals surface area contributed by atoms with Gasteiger partial charge in [0, 0.05) is 6.42 Å². The van der Waals surface area contributed by atoms with Gasteiger partial charge in [-0.25, -0.2) is 0 Å². The molecule has 0 radical (unpaired) electrons. The molecule has 31 heavy (non-hydrogen) atoms. The molecule has 4 aromatic carbocycles. The first kappa shape index (κ1) is 21.2. The standard InChI is InChI=1S/C29H28OP/c30-26(17-13-16-25-14-5-1-6-15-25)24-31(27-18-7-2-8-19-27,28-20-9-3-10-21-28)29-22-11-4-12-23-29/h1-12,14-15,18-23H,13,16-17,24H2/q+1. The summed E-state index contributed by atoms with van der Waals surface area (Å²) in [5.74, 6) is 0.348. The van der Waals surface area contributed by atoms with Gasteiger partial charge in [-0.15, -0.1) is 0 Å². The zero-order valence-electron chi connectivity index (χ0n) is 17.7. The number of hydrogen-bond donors (Lipinski definition) is 0. The molecule has 0 heterocycles. The largest absolute Gasteiger partial charge is 0.296 e. The van der Waals surface area contributed by atoms with E-state index in [9.17, 15) is 4.79 Å². The summed E-state index contributed by atoms with van der Waals surface area (Å²) in [5, 5.41) is 3.80. The predicted molar refractivity (Wildman–Crippen MR) is 134 cm³/mol. The van der Waals surface area contributed by atoms with E-state index in [1.54, 1.807) is 0 Å². The molecule has 0 atom stereocenters. The van der Waals surface area contributed by atoms with Crippen LogP contribution in [0.3, 0.4) is 0 Å². The fourth-order valence-electron chi connectivity index (χ4n) is 4.25. The van der Waals surface area contributed by atoms with E-state index in [1.807, 2.05) is 6.07 Å². The van der Waals surface area contributed by atoms with E-state index in [1.165, 1.54) is 21.5 Å². The van der Waals surface area contributed by atoms with Crippen LogP contribution in [0.25, 0.3) is 0 Å². The molecule has 0 saturated carbocycles. The minimum atomic E-state index is -2.07. The Morgan fingerprint density at radius 1 is 0.548 bits per heavy atom. The smallest absolute Gasteiger partial charge is 0.171 e. The van der Waals surface area contributed by atoms with E-state index >= 15 is 0 Å². The molecule has 0 saturated heterocycles. The molecule has 0 spiro atoms. The lowest BCUT2D eigenvalue weighted by Gasteiger charge is -2.27. The Kier molecular flexibility index (Phi) is 7.07. The van der Waals surface area contributed by atoms with Crippen molar-refractivity contribution in [1.82, 2.24) is 0 Å². The predicted octanol–water partition coefficient (Wildman–Crippen LogP) is 5.57. The minimum Gasteiger partial charge on any atom is -0.296 e.